The van der Waals surface area contributed by atoms with Crippen LogP contribution in [0.5, 0.6) is 5.75 Å². The predicted octanol–water partition coefficient (Wildman–Crippen LogP) is 4.10. The molecule has 0 unspecified atom stereocenters. The van der Waals surface area contributed by atoms with Crippen molar-refractivity contribution in [1.82, 2.24) is 0 Å². The van der Waals surface area contributed by atoms with E-state index in [-0.39, 0.29) is 0 Å². The van der Waals surface area contributed by atoms with E-state index in [0.717, 1.165) is 27.6 Å². The summed E-state index contributed by atoms with van der Waals surface area (Å²) in [4.78, 5) is 0. The van der Waals surface area contributed by atoms with Gasteiger partial charge in [0.15, 0.2) is 0 Å². The van der Waals surface area contributed by atoms with Gasteiger partial charge in [0, 0.05) is 10.6 Å². The Kier molecular flexibility index (Phi) is 4.42. The molecule has 0 heterocycles. The Morgan fingerprint density at radius 2 is 2.00 bits per heavy atom. The van der Waals surface area contributed by atoms with Gasteiger partial charge in [-0.2, -0.15) is 5.10 Å². The first-order chi connectivity index (χ1) is 9.20. The molecule has 4 heteroatoms. The minimum Gasteiger partial charge on any atom is -0.496 e. The zero-order chi connectivity index (χ0) is 13.7. The third kappa shape index (κ3) is 3.48. The van der Waals surface area contributed by atoms with E-state index in [4.69, 9.17) is 16.3 Å². The highest BCUT2D eigenvalue weighted by atomic mass is 35.5. The number of benzene rings is 2. The number of nitrogens with one attached hydrogen (secondary N) is 1. The van der Waals surface area contributed by atoms with E-state index in [9.17, 15) is 0 Å². The number of aryl methyl sites for hydroxylation is 1. The summed E-state index contributed by atoms with van der Waals surface area (Å²) in [5.74, 6) is 0.787. The molecule has 0 radical (unpaired) electrons. The maximum atomic E-state index is 6.05. The normalized spacial score (nSPS) is 10.7. The number of anilines is 1. The van der Waals surface area contributed by atoms with Gasteiger partial charge in [-0.3, -0.25) is 5.43 Å². The van der Waals surface area contributed by atoms with Crippen LogP contribution in [0, 0.1) is 6.92 Å². The van der Waals surface area contributed by atoms with Gasteiger partial charge in [0.05, 0.1) is 19.0 Å². The lowest BCUT2D eigenvalue weighted by molar-refractivity contribution is 0.414. The highest BCUT2D eigenvalue weighted by Gasteiger charge is 1.98. The third-order valence-corrected chi connectivity index (χ3v) is 3.12. The van der Waals surface area contributed by atoms with E-state index < -0.39 is 0 Å². The zero-order valence-corrected chi connectivity index (χ0v) is 11.6. The van der Waals surface area contributed by atoms with Crippen LogP contribution in [0.25, 0.3) is 0 Å². The van der Waals surface area contributed by atoms with Crippen molar-refractivity contribution in [1.29, 1.82) is 0 Å². The lowest BCUT2D eigenvalue weighted by Crippen LogP contribution is -1.94. The van der Waals surface area contributed by atoms with E-state index in [1.54, 1.807) is 13.3 Å². The van der Waals surface area contributed by atoms with Crippen LogP contribution in [0.1, 0.15) is 11.1 Å². The van der Waals surface area contributed by atoms with Crippen LogP contribution in [0.3, 0.4) is 0 Å². The molecule has 0 aliphatic carbocycles. The summed E-state index contributed by atoms with van der Waals surface area (Å²) in [5.41, 5.74) is 5.75. The maximum Gasteiger partial charge on any atom is 0.127 e. The van der Waals surface area contributed by atoms with Crippen molar-refractivity contribution < 1.29 is 4.74 Å². The average molecular weight is 275 g/mol. The topological polar surface area (TPSA) is 33.6 Å². The van der Waals surface area contributed by atoms with Gasteiger partial charge in [0.25, 0.3) is 0 Å². The molecule has 0 aromatic heterocycles. The lowest BCUT2D eigenvalue weighted by atomic mass is 10.2. The molecule has 19 heavy (non-hydrogen) atoms. The number of rotatable bonds is 4. The summed E-state index contributed by atoms with van der Waals surface area (Å²) in [6, 6.07) is 13.4. The largest absolute Gasteiger partial charge is 0.496 e. The quantitative estimate of drug-likeness (QED) is 0.673. The maximum absolute atomic E-state index is 6.05. The van der Waals surface area contributed by atoms with E-state index in [1.165, 1.54) is 0 Å². The minimum atomic E-state index is 0.720. The molecule has 0 bridgehead atoms. The molecule has 0 fully saturated rings. The van der Waals surface area contributed by atoms with Crippen molar-refractivity contribution in [3.63, 3.8) is 0 Å². The SMILES string of the molecule is COc1ccccc1/C=N\Nc1ccc(C)c(Cl)c1. The van der Waals surface area contributed by atoms with Gasteiger partial charge >= 0.3 is 0 Å². The fourth-order valence-electron chi connectivity index (χ4n) is 1.61. The fourth-order valence-corrected chi connectivity index (χ4v) is 1.79. The summed E-state index contributed by atoms with van der Waals surface area (Å²) in [6.07, 6.45) is 1.71. The van der Waals surface area contributed by atoms with Crippen molar-refractivity contribution >= 4 is 23.5 Å². The molecule has 0 aliphatic heterocycles. The molecule has 0 atom stereocenters. The standard InChI is InChI=1S/C15H15ClN2O/c1-11-7-8-13(9-14(11)16)18-17-10-12-5-3-4-6-15(12)19-2/h3-10,18H,1-2H3/b17-10-. The number of hydrazone groups is 1. The van der Waals surface area contributed by atoms with Gasteiger partial charge in [-0.25, -0.2) is 0 Å². The number of hydrogen-bond donors (Lipinski definition) is 1. The van der Waals surface area contributed by atoms with Gasteiger partial charge in [0.1, 0.15) is 5.75 Å². The monoisotopic (exact) mass is 274 g/mol. The Balaban J connectivity index is 2.09. The predicted molar refractivity (Wildman–Crippen MR) is 80.4 cm³/mol. The van der Waals surface area contributed by atoms with Crippen LogP contribution >= 0.6 is 11.6 Å². The van der Waals surface area contributed by atoms with Crippen molar-refractivity contribution in [2.45, 2.75) is 6.92 Å². The Labute approximate surface area is 117 Å². The van der Waals surface area contributed by atoms with E-state index in [2.05, 4.69) is 10.5 Å². The van der Waals surface area contributed by atoms with Crippen LogP contribution in [0.15, 0.2) is 47.6 Å². The summed E-state index contributed by atoms with van der Waals surface area (Å²) in [7, 11) is 1.64. The van der Waals surface area contributed by atoms with E-state index in [1.807, 2.05) is 49.4 Å². The molecular formula is C15H15ClN2O. The van der Waals surface area contributed by atoms with Gasteiger partial charge in [-0.1, -0.05) is 29.8 Å². The second kappa shape index (κ2) is 6.25. The van der Waals surface area contributed by atoms with Crippen molar-refractivity contribution in [3.05, 3.63) is 58.6 Å². The number of methoxy groups -OCH3 is 1. The molecule has 0 saturated carbocycles. The third-order valence-electron chi connectivity index (χ3n) is 2.71. The smallest absolute Gasteiger partial charge is 0.127 e. The molecule has 1 N–H and O–H groups in total. The number of ether oxygens (including phenoxy) is 1. The highest BCUT2D eigenvalue weighted by molar-refractivity contribution is 6.31. The first kappa shape index (κ1) is 13.4. The van der Waals surface area contributed by atoms with Crippen molar-refractivity contribution in [2.75, 3.05) is 12.5 Å². The van der Waals surface area contributed by atoms with Crippen LogP contribution < -0.4 is 10.2 Å². The molecule has 98 valence electrons. The van der Waals surface area contributed by atoms with Crippen LogP contribution in [0.4, 0.5) is 5.69 Å². The van der Waals surface area contributed by atoms with Crippen LogP contribution in [-0.2, 0) is 0 Å². The molecule has 0 saturated heterocycles. The van der Waals surface area contributed by atoms with Gasteiger partial charge < -0.3 is 4.74 Å². The Morgan fingerprint density at radius 1 is 1.21 bits per heavy atom. The summed E-state index contributed by atoms with van der Waals surface area (Å²) < 4.78 is 5.24. The average Bonchev–Trinajstić information content (AvgIpc) is 2.43. The second-order valence-corrected chi connectivity index (χ2v) is 4.48. The van der Waals surface area contributed by atoms with E-state index >= 15 is 0 Å². The Morgan fingerprint density at radius 3 is 2.74 bits per heavy atom. The van der Waals surface area contributed by atoms with Gasteiger partial charge in [-0.15, -0.1) is 0 Å². The number of halogens is 1. The second-order valence-electron chi connectivity index (χ2n) is 4.08. The van der Waals surface area contributed by atoms with Gasteiger partial charge in [0.2, 0.25) is 0 Å². The molecule has 2 rings (SSSR count). The molecule has 0 aliphatic rings. The first-order valence-electron chi connectivity index (χ1n) is 5.89. The zero-order valence-electron chi connectivity index (χ0n) is 10.9. The van der Waals surface area contributed by atoms with Gasteiger partial charge in [-0.05, 0) is 36.8 Å². The summed E-state index contributed by atoms with van der Waals surface area (Å²) in [6.45, 7) is 1.96. The van der Waals surface area contributed by atoms with Crippen LogP contribution in [0.2, 0.25) is 5.02 Å². The van der Waals surface area contributed by atoms with Crippen molar-refractivity contribution in [2.24, 2.45) is 5.10 Å². The molecule has 0 amide bonds. The number of hydrogen-bond acceptors (Lipinski definition) is 3. The summed E-state index contributed by atoms with van der Waals surface area (Å²) >= 11 is 6.05. The fraction of sp³-hybridized carbons (Fsp3) is 0.133. The Hall–Kier alpha value is -2.00. The van der Waals surface area contributed by atoms with Crippen LogP contribution in [-0.4, -0.2) is 13.3 Å². The number of para-hydroxylation sites is 1. The lowest BCUT2D eigenvalue weighted by Gasteiger charge is -2.04. The summed E-state index contributed by atoms with van der Waals surface area (Å²) in [5, 5.41) is 4.90. The molecule has 2 aromatic rings. The van der Waals surface area contributed by atoms with Crippen molar-refractivity contribution in [3.8, 4) is 5.75 Å². The molecule has 2 aromatic carbocycles. The first-order valence-corrected chi connectivity index (χ1v) is 6.27. The Bertz CT molecular complexity index is 596. The highest BCUT2D eigenvalue weighted by Crippen LogP contribution is 2.20. The molecular weight excluding hydrogens is 260 g/mol. The molecule has 0 spiro atoms. The minimum absolute atomic E-state index is 0.720. The van der Waals surface area contributed by atoms with E-state index in [0.29, 0.717) is 0 Å². The molecule has 3 nitrogen and oxygen atoms in total. The number of nitrogens with zero attached hydrogens (tertiary/aromatic N) is 1.